The lowest BCUT2D eigenvalue weighted by molar-refractivity contribution is -0.385. The summed E-state index contributed by atoms with van der Waals surface area (Å²) in [6.07, 6.45) is 1.64. The zero-order valence-corrected chi connectivity index (χ0v) is 11.9. The molecule has 0 aliphatic rings. The van der Waals surface area contributed by atoms with E-state index in [1.807, 2.05) is 6.07 Å². The molecule has 0 atom stereocenters. The van der Waals surface area contributed by atoms with Crippen molar-refractivity contribution in [3.8, 4) is 10.6 Å². The Hall–Kier alpha value is -1.53. The fourth-order valence-corrected chi connectivity index (χ4v) is 2.64. The number of hydrogen-bond donors (Lipinski definition) is 0. The molecule has 2 aromatic rings. The van der Waals surface area contributed by atoms with Crippen LogP contribution < -0.4 is 0 Å². The van der Waals surface area contributed by atoms with Gasteiger partial charge in [-0.25, -0.2) is 0 Å². The van der Waals surface area contributed by atoms with Crippen LogP contribution in [0.4, 0.5) is 5.69 Å². The Balaban J connectivity index is 2.29. The van der Waals surface area contributed by atoms with Crippen molar-refractivity contribution in [2.24, 2.45) is 0 Å². The second kappa shape index (κ2) is 6.08. The average molecular weight is 298 g/mol. The Bertz CT molecular complexity index is 600. The van der Waals surface area contributed by atoms with Crippen molar-refractivity contribution in [2.45, 2.75) is 19.8 Å². The van der Waals surface area contributed by atoms with E-state index in [0.29, 0.717) is 16.5 Å². The van der Waals surface area contributed by atoms with E-state index in [4.69, 9.17) is 11.6 Å². The summed E-state index contributed by atoms with van der Waals surface area (Å²) < 4.78 is 0. The zero-order chi connectivity index (χ0) is 13.8. The molecule has 100 valence electrons. The van der Waals surface area contributed by atoms with Crippen LogP contribution >= 0.6 is 22.9 Å². The van der Waals surface area contributed by atoms with Crippen LogP contribution in [0.3, 0.4) is 0 Å². The Morgan fingerprint density at radius 2 is 2.21 bits per heavy atom. The van der Waals surface area contributed by atoms with E-state index in [-0.39, 0.29) is 10.6 Å². The highest BCUT2D eigenvalue weighted by Crippen LogP contribution is 2.29. The van der Waals surface area contributed by atoms with Crippen LogP contribution in [0.2, 0.25) is 0 Å². The first kappa shape index (κ1) is 13.9. The van der Waals surface area contributed by atoms with Gasteiger partial charge in [-0.05, 0) is 13.3 Å². The molecule has 19 heavy (non-hydrogen) atoms. The molecule has 0 N–H and O–H groups in total. The smallest absolute Gasteiger partial charge is 0.258 e. The minimum absolute atomic E-state index is 0.106. The van der Waals surface area contributed by atoms with E-state index in [9.17, 15) is 10.1 Å². The second-order valence-corrected chi connectivity index (χ2v) is 5.49. The predicted octanol–water partition coefficient (Wildman–Crippen LogP) is 3.59. The summed E-state index contributed by atoms with van der Waals surface area (Å²) in [4.78, 5) is 10.5. The number of nitro groups is 1. The molecular weight excluding hydrogens is 286 g/mol. The van der Waals surface area contributed by atoms with E-state index in [1.54, 1.807) is 19.1 Å². The van der Waals surface area contributed by atoms with Gasteiger partial charge in [-0.1, -0.05) is 23.5 Å². The van der Waals surface area contributed by atoms with Crippen LogP contribution in [-0.4, -0.2) is 21.0 Å². The number of halogens is 1. The van der Waals surface area contributed by atoms with Gasteiger partial charge >= 0.3 is 0 Å². The highest BCUT2D eigenvalue weighted by molar-refractivity contribution is 7.14. The standard InChI is InChI=1S/C12H12ClN3O2S/c1-8-4-5-9(7-10(8)16(17)18)12-15-14-11(19-12)3-2-6-13/h4-5,7H,2-3,6H2,1H3. The highest BCUT2D eigenvalue weighted by Gasteiger charge is 2.14. The Morgan fingerprint density at radius 3 is 2.89 bits per heavy atom. The molecule has 0 unspecified atom stereocenters. The molecule has 1 heterocycles. The lowest BCUT2D eigenvalue weighted by Gasteiger charge is -1.99. The van der Waals surface area contributed by atoms with Gasteiger partial charge in [0.25, 0.3) is 5.69 Å². The summed E-state index contributed by atoms with van der Waals surface area (Å²) in [7, 11) is 0. The SMILES string of the molecule is Cc1ccc(-c2nnc(CCCCl)s2)cc1[N+](=O)[O-]. The molecule has 0 saturated heterocycles. The third-order valence-electron chi connectivity index (χ3n) is 2.64. The first-order valence-corrected chi connectivity index (χ1v) is 7.10. The number of aryl methyl sites for hydroxylation is 2. The molecule has 5 nitrogen and oxygen atoms in total. The molecule has 1 aromatic heterocycles. The van der Waals surface area contributed by atoms with Crippen molar-refractivity contribution in [2.75, 3.05) is 5.88 Å². The summed E-state index contributed by atoms with van der Waals surface area (Å²) in [5, 5.41) is 20.7. The quantitative estimate of drug-likeness (QED) is 0.480. The minimum Gasteiger partial charge on any atom is -0.258 e. The maximum Gasteiger partial charge on any atom is 0.273 e. The van der Waals surface area contributed by atoms with Crippen LogP contribution in [0, 0.1) is 17.0 Å². The Morgan fingerprint density at radius 1 is 1.42 bits per heavy atom. The molecule has 2 rings (SSSR count). The van der Waals surface area contributed by atoms with Crippen molar-refractivity contribution < 1.29 is 4.92 Å². The predicted molar refractivity (Wildman–Crippen MR) is 75.8 cm³/mol. The van der Waals surface area contributed by atoms with Crippen molar-refractivity contribution in [3.63, 3.8) is 0 Å². The van der Waals surface area contributed by atoms with Crippen molar-refractivity contribution >= 4 is 28.6 Å². The molecule has 0 aliphatic heterocycles. The number of nitrogens with zero attached hydrogens (tertiary/aromatic N) is 3. The van der Waals surface area contributed by atoms with Crippen molar-refractivity contribution in [1.82, 2.24) is 10.2 Å². The summed E-state index contributed by atoms with van der Waals surface area (Å²) in [6.45, 7) is 1.72. The molecule has 1 aromatic carbocycles. The van der Waals surface area contributed by atoms with E-state index in [2.05, 4.69) is 10.2 Å². The van der Waals surface area contributed by atoms with Crippen molar-refractivity contribution in [3.05, 3.63) is 38.9 Å². The third kappa shape index (κ3) is 3.27. The van der Waals surface area contributed by atoms with Crippen LogP contribution in [-0.2, 0) is 6.42 Å². The molecule has 0 amide bonds. The maximum atomic E-state index is 10.9. The second-order valence-electron chi connectivity index (χ2n) is 4.05. The fourth-order valence-electron chi connectivity index (χ4n) is 1.63. The van der Waals surface area contributed by atoms with Gasteiger partial charge in [0.1, 0.15) is 10.0 Å². The molecule has 0 fully saturated rings. The number of rotatable bonds is 5. The van der Waals surface area contributed by atoms with Gasteiger partial charge in [-0.15, -0.1) is 21.8 Å². The van der Waals surface area contributed by atoms with Crippen LogP contribution in [0.25, 0.3) is 10.6 Å². The normalized spacial score (nSPS) is 10.6. The average Bonchev–Trinajstić information content (AvgIpc) is 2.85. The molecule has 0 radical (unpaired) electrons. The Labute approximate surface area is 119 Å². The van der Waals surface area contributed by atoms with Gasteiger partial charge in [-0.3, -0.25) is 10.1 Å². The van der Waals surface area contributed by atoms with E-state index >= 15 is 0 Å². The lowest BCUT2D eigenvalue weighted by Crippen LogP contribution is -1.91. The summed E-state index contributed by atoms with van der Waals surface area (Å²) >= 11 is 7.08. The van der Waals surface area contributed by atoms with Gasteiger partial charge < -0.3 is 0 Å². The molecule has 7 heteroatoms. The van der Waals surface area contributed by atoms with Crippen LogP contribution in [0.15, 0.2) is 18.2 Å². The van der Waals surface area contributed by atoms with Crippen LogP contribution in [0.1, 0.15) is 17.0 Å². The van der Waals surface area contributed by atoms with E-state index in [0.717, 1.165) is 23.4 Å². The number of aromatic nitrogens is 2. The molecular formula is C12H12ClN3O2S. The van der Waals surface area contributed by atoms with E-state index < -0.39 is 0 Å². The minimum atomic E-state index is -0.381. The van der Waals surface area contributed by atoms with Gasteiger partial charge in [0.2, 0.25) is 0 Å². The summed E-state index contributed by atoms with van der Waals surface area (Å²) in [6, 6.07) is 5.10. The lowest BCUT2D eigenvalue weighted by atomic mass is 10.1. The molecule has 0 spiro atoms. The number of benzene rings is 1. The Kier molecular flexibility index (Phi) is 4.44. The van der Waals surface area contributed by atoms with Gasteiger partial charge in [0.05, 0.1) is 4.92 Å². The first-order chi connectivity index (χ1) is 9.11. The largest absolute Gasteiger partial charge is 0.273 e. The fraction of sp³-hybridized carbons (Fsp3) is 0.333. The molecule has 0 bridgehead atoms. The van der Waals surface area contributed by atoms with Crippen LogP contribution in [0.5, 0.6) is 0 Å². The van der Waals surface area contributed by atoms with Crippen molar-refractivity contribution in [1.29, 1.82) is 0 Å². The topological polar surface area (TPSA) is 68.9 Å². The monoisotopic (exact) mass is 297 g/mol. The zero-order valence-electron chi connectivity index (χ0n) is 10.3. The van der Waals surface area contributed by atoms with Gasteiger partial charge in [0, 0.05) is 29.5 Å². The highest BCUT2D eigenvalue weighted by atomic mass is 35.5. The van der Waals surface area contributed by atoms with E-state index in [1.165, 1.54) is 11.3 Å². The van der Waals surface area contributed by atoms with Gasteiger partial charge in [-0.2, -0.15) is 0 Å². The molecule has 0 saturated carbocycles. The summed E-state index contributed by atoms with van der Waals surface area (Å²) in [5.74, 6) is 0.588. The maximum absolute atomic E-state index is 10.9. The number of alkyl halides is 1. The summed E-state index contributed by atoms with van der Waals surface area (Å²) in [5.41, 5.74) is 1.47. The van der Waals surface area contributed by atoms with Gasteiger partial charge in [0.15, 0.2) is 0 Å². The third-order valence-corrected chi connectivity index (χ3v) is 3.94. The number of nitro benzene ring substituents is 1. The number of hydrogen-bond acceptors (Lipinski definition) is 5. The first-order valence-electron chi connectivity index (χ1n) is 5.75. The molecule has 0 aliphatic carbocycles.